The summed E-state index contributed by atoms with van der Waals surface area (Å²) < 4.78 is 11.2. The third kappa shape index (κ3) is 4.57. The van der Waals surface area contributed by atoms with E-state index in [1.807, 2.05) is 39.0 Å². The number of aromatic nitrogens is 2. The van der Waals surface area contributed by atoms with Gasteiger partial charge in [0.15, 0.2) is 11.5 Å². The van der Waals surface area contributed by atoms with Crippen LogP contribution in [0, 0.1) is 13.8 Å². The van der Waals surface area contributed by atoms with Crippen molar-refractivity contribution < 1.29 is 14.3 Å². The van der Waals surface area contributed by atoms with E-state index >= 15 is 0 Å². The molecule has 0 aliphatic carbocycles. The summed E-state index contributed by atoms with van der Waals surface area (Å²) in [5.41, 5.74) is 1.85. The zero-order chi connectivity index (χ0) is 22.1. The summed E-state index contributed by atoms with van der Waals surface area (Å²) in [6, 6.07) is 5.75. The minimum atomic E-state index is -0.269. The van der Waals surface area contributed by atoms with Gasteiger partial charge in [-0.1, -0.05) is 6.07 Å². The summed E-state index contributed by atoms with van der Waals surface area (Å²) in [5, 5.41) is 0.398. The molecule has 1 N–H and O–H groups in total. The highest BCUT2D eigenvalue weighted by atomic mass is 32.2. The molecule has 0 spiro atoms. The van der Waals surface area contributed by atoms with Crippen molar-refractivity contribution in [2.24, 2.45) is 0 Å². The molecular formula is C22H25N3O4S2. The SMILES string of the molecule is Cc1sc2nc(CSC(C)C(=O)N(C)Cc3ccc4c(c3)OCCO4)[nH]c(=O)c2c1C. The average Bonchev–Trinajstić information content (AvgIpc) is 3.05. The quantitative estimate of drug-likeness (QED) is 0.606. The number of nitrogens with zero attached hydrogens (tertiary/aromatic N) is 2. The molecule has 0 bridgehead atoms. The molecule has 1 aliphatic heterocycles. The van der Waals surface area contributed by atoms with Crippen LogP contribution in [0.1, 0.15) is 28.8 Å². The molecule has 0 saturated heterocycles. The maximum absolute atomic E-state index is 12.8. The molecule has 1 aliphatic rings. The number of rotatable bonds is 6. The van der Waals surface area contributed by atoms with Crippen LogP contribution in [0.4, 0.5) is 0 Å². The number of carbonyl (C=O) groups is 1. The largest absolute Gasteiger partial charge is 0.486 e. The summed E-state index contributed by atoms with van der Waals surface area (Å²) in [6.07, 6.45) is 0. The highest BCUT2D eigenvalue weighted by molar-refractivity contribution is 7.99. The van der Waals surface area contributed by atoms with Gasteiger partial charge in [-0.05, 0) is 44.0 Å². The Labute approximate surface area is 188 Å². The van der Waals surface area contributed by atoms with Crippen LogP contribution in [0.15, 0.2) is 23.0 Å². The first-order valence-electron chi connectivity index (χ1n) is 10.1. The third-order valence-electron chi connectivity index (χ3n) is 5.31. The number of H-pyrrole nitrogens is 1. The molecule has 0 saturated carbocycles. The van der Waals surface area contributed by atoms with Gasteiger partial charge in [-0.25, -0.2) is 4.98 Å². The Bertz CT molecular complexity index is 1190. The standard InChI is InChI=1S/C22H25N3O4S2/c1-12-13(2)31-21-19(12)20(26)23-18(24-21)11-30-14(3)22(27)25(4)10-15-5-6-16-17(9-15)29-8-7-28-16/h5-6,9,14H,7-8,10-11H2,1-4H3,(H,23,24,26). The Morgan fingerprint density at radius 3 is 2.81 bits per heavy atom. The average molecular weight is 460 g/mol. The van der Waals surface area contributed by atoms with Crippen LogP contribution < -0.4 is 15.0 Å². The second-order valence-corrected chi connectivity index (χ2v) is 10.1. The number of carbonyl (C=O) groups excluding carboxylic acids is 1. The molecular weight excluding hydrogens is 434 g/mol. The van der Waals surface area contributed by atoms with E-state index in [1.165, 1.54) is 23.1 Å². The number of aryl methyl sites for hydroxylation is 2. The lowest BCUT2D eigenvalue weighted by Crippen LogP contribution is -2.33. The lowest BCUT2D eigenvalue weighted by molar-refractivity contribution is -0.129. The molecule has 0 fully saturated rings. The van der Waals surface area contributed by atoms with Crippen LogP contribution in [0.2, 0.25) is 0 Å². The second-order valence-electron chi connectivity index (χ2n) is 7.60. The van der Waals surface area contributed by atoms with Gasteiger partial charge in [0.25, 0.3) is 5.56 Å². The van der Waals surface area contributed by atoms with Gasteiger partial charge in [0.2, 0.25) is 5.91 Å². The fraction of sp³-hybridized carbons (Fsp3) is 0.409. The van der Waals surface area contributed by atoms with Crippen molar-refractivity contribution >= 4 is 39.2 Å². The van der Waals surface area contributed by atoms with Crippen LogP contribution in [-0.2, 0) is 17.1 Å². The predicted molar refractivity (Wildman–Crippen MR) is 124 cm³/mol. The molecule has 0 radical (unpaired) electrons. The number of thiophene rings is 1. The van der Waals surface area contributed by atoms with Crippen LogP contribution in [0.5, 0.6) is 11.5 Å². The monoisotopic (exact) mass is 459 g/mol. The van der Waals surface area contributed by atoms with E-state index in [4.69, 9.17) is 9.47 Å². The topological polar surface area (TPSA) is 84.5 Å². The van der Waals surface area contributed by atoms with Crippen LogP contribution in [0.25, 0.3) is 10.2 Å². The normalized spacial score (nSPS) is 13.9. The summed E-state index contributed by atoms with van der Waals surface area (Å²) in [4.78, 5) is 36.3. The van der Waals surface area contributed by atoms with Crippen molar-refractivity contribution in [3.8, 4) is 11.5 Å². The Kier molecular flexibility index (Phi) is 6.24. The molecule has 2 aromatic heterocycles. The molecule has 3 heterocycles. The number of hydrogen-bond donors (Lipinski definition) is 1. The molecule has 1 atom stereocenters. The van der Waals surface area contributed by atoms with Gasteiger partial charge in [0, 0.05) is 18.5 Å². The van der Waals surface area contributed by atoms with Gasteiger partial charge in [-0.3, -0.25) is 9.59 Å². The molecule has 4 rings (SSSR count). The molecule has 3 aromatic rings. The minimum Gasteiger partial charge on any atom is -0.486 e. The minimum absolute atomic E-state index is 0.0196. The Balaban J connectivity index is 1.38. The maximum atomic E-state index is 12.8. The fourth-order valence-electron chi connectivity index (χ4n) is 3.49. The van der Waals surface area contributed by atoms with Crippen LogP contribution in [-0.4, -0.2) is 46.3 Å². The van der Waals surface area contributed by atoms with Gasteiger partial charge in [0.05, 0.1) is 16.4 Å². The number of amides is 1. The van der Waals surface area contributed by atoms with E-state index in [2.05, 4.69) is 9.97 Å². The number of fused-ring (bicyclic) bond motifs is 2. The van der Waals surface area contributed by atoms with Gasteiger partial charge < -0.3 is 19.4 Å². The van der Waals surface area contributed by atoms with E-state index in [9.17, 15) is 9.59 Å². The van der Waals surface area contributed by atoms with Gasteiger partial charge in [-0.2, -0.15) is 0 Å². The Morgan fingerprint density at radius 2 is 2.03 bits per heavy atom. The zero-order valence-corrected chi connectivity index (χ0v) is 19.6. The number of aromatic amines is 1. The lowest BCUT2D eigenvalue weighted by atomic mass is 10.2. The third-order valence-corrected chi connectivity index (χ3v) is 7.55. The molecule has 7 nitrogen and oxygen atoms in total. The Hall–Kier alpha value is -2.52. The summed E-state index contributed by atoms with van der Waals surface area (Å²) in [5.74, 6) is 2.54. The van der Waals surface area contributed by atoms with E-state index < -0.39 is 0 Å². The van der Waals surface area contributed by atoms with Crippen LogP contribution >= 0.6 is 23.1 Å². The molecule has 164 valence electrons. The smallest absolute Gasteiger partial charge is 0.259 e. The van der Waals surface area contributed by atoms with Gasteiger partial charge in [0.1, 0.15) is 23.9 Å². The van der Waals surface area contributed by atoms with E-state index in [0.717, 1.165) is 32.3 Å². The van der Waals surface area contributed by atoms with Crippen molar-refractivity contribution in [3.05, 3.63) is 50.4 Å². The molecule has 1 amide bonds. The first-order chi connectivity index (χ1) is 14.8. The summed E-state index contributed by atoms with van der Waals surface area (Å²) in [6.45, 7) is 7.38. The lowest BCUT2D eigenvalue weighted by Gasteiger charge is -2.23. The highest BCUT2D eigenvalue weighted by Crippen LogP contribution is 2.31. The predicted octanol–water partition coefficient (Wildman–Crippen LogP) is 3.65. The molecule has 9 heteroatoms. The maximum Gasteiger partial charge on any atom is 0.259 e. The fourth-order valence-corrected chi connectivity index (χ4v) is 5.41. The van der Waals surface area contributed by atoms with E-state index in [1.54, 1.807) is 11.9 Å². The van der Waals surface area contributed by atoms with E-state index in [-0.39, 0.29) is 16.7 Å². The summed E-state index contributed by atoms with van der Waals surface area (Å²) in [7, 11) is 1.79. The number of benzene rings is 1. The van der Waals surface area contributed by atoms with E-state index in [0.29, 0.717) is 36.7 Å². The number of nitrogens with one attached hydrogen (secondary N) is 1. The zero-order valence-electron chi connectivity index (χ0n) is 18.0. The van der Waals surface area contributed by atoms with Crippen molar-refractivity contribution in [1.82, 2.24) is 14.9 Å². The molecule has 1 aromatic carbocycles. The van der Waals surface area contributed by atoms with Crippen molar-refractivity contribution in [3.63, 3.8) is 0 Å². The van der Waals surface area contributed by atoms with Crippen LogP contribution in [0.3, 0.4) is 0 Å². The van der Waals surface area contributed by atoms with Gasteiger partial charge >= 0.3 is 0 Å². The molecule has 1 unspecified atom stereocenters. The van der Waals surface area contributed by atoms with Crippen molar-refractivity contribution in [1.29, 1.82) is 0 Å². The first-order valence-corrected chi connectivity index (χ1v) is 11.9. The number of ether oxygens (including phenoxy) is 2. The molecule has 31 heavy (non-hydrogen) atoms. The van der Waals surface area contributed by atoms with Gasteiger partial charge in [-0.15, -0.1) is 23.1 Å². The second kappa shape index (κ2) is 8.92. The number of thioether (sulfide) groups is 1. The van der Waals surface area contributed by atoms with Crippen molar-refractivity contribution in [2.45, 2.75) is 38.3 Å². The summed E-state index contributed by atoms with van der Waals surface area (Å²) >= 11 is 2.99. The Morgan fingerprint density at radius 1 is 1.29 bits per heavy atom. The number of hydrogen-bond acceptors (Lipinski definition) is 7. The first kappa shape index (κ1) is 21.7. The highest BCUT2D eigenvalue weighted by Gasteiger charge is 2.20. The van der Waals surface area contributed by atoms with Crippen molar-refractivity contribution in [2.75, 3.05) is 20.3 Å².